The van der Waals surface area contributed by atoms with Gasteiger partial charge >= 0.3 is 0 Å². The van der Waals surface area contributed by atoms with Crippen molar-refractivity contribution >= 4 is 63.7 Å². The van der Waals surface area contributed by atoms with Gasteiger partial charge in [0.05, 0.1) is 6.61 Å². The first-order chi connectivity index (χ1) is 4.87. The van der Waals surface area contributed by atoms with Gasteiger partial charge in [0, 0.05) is 0 Å². The van der Waals surface area contributed by atoms with Crippen LogP contribution in [0, 0.1) is 0 Å². The minimum atomic E-state index is -0.497. The Labute approximate surface area is 101 Å². The number of rotatable bonds is 4. The molecule has 0 radical (unpaired) electrons. The Morgan fingerprint density at radius 1 is 1.09 bits per heavy atom. The average Bonchev–Trinajstić information content (AvgIpc) is 1.87. The lowest BCUT2D eigenvalue weighted by molar-refractivity contribution is 0.282. The lowest BCUT2D eigenvalue weighted by Crippen LogP contribution is -2.37. The Morgan fingerprint density at radius 3 is 1.82 bits per heavy atom. The molecule has 0 aliphatic rings. The minimum Gasteiger partial charge on any atom is -0.394 e. The fourth-order valence-electron chi connectivity index (χ4n) is 0.613. The summed E-state index contributed by atoms with van der Waals surface area (Å²) >= 11 is 13.7. The molecule has 0 saturated heterocycles. The molecule has 0 spiro atoms. The fraction of sp³-hybridized carbons (Fsp3) is 1.00. The zero-order valence-corrected chi connectivity index (χ0v) is 12.4. The molecule has 0 atom stereocenters. The van der Waals surface area contributed by atoms with Gasteiger partial charge in [-0.1, -0.05) is 77.1 Å². The summed E-state index contributed by atoms with van der Waals surface area (Å²) in [6.45, 7) is 2.11. The Bertz CT molecular complexity index is 124. The highest BCUT2D eigenvalue weighted by Crippen LogP contribution is 2.50. The van der Waals surface area contributed by atoms with E-state index in [9.17, 15) is 0 Å². The highest BCUT2D eigenvalue weighted by molar-refractivity contribution is 9.30. The van der Waals surface area contributed by atoms with E-state index in [4.69, 9.17) is 5.11 Å². The van der Waals surface area contributed by atoms with E-state index in [1.165, 1.54) is 0 Å². The van der Waals surface area contributed by atoms with Crippen LogP contribution in [0.25, 0.3) is 0 Å². The molecule has 11 heavy (non-hydrogen) atoms. The van der Waals surface area contributed by atoms with Crippen LogP contribution in [0.4, 0.5) is 0 Å². The summed E-state index contributed by atoms with van der Waals surface area (Å²) in [6, 6.07) is 0. The van der Waals surface area contributed by atoms with Crippen LogP contribution >= 0.6 is 63.7 Å². The van der Waals surface area contributed by atoms with E-state index < -0.39 is 3.23 Å². The fourth-order valence-corrected chi connectivity index (χ4v) is 2.05. The van der Waals surface area contributed by atoms with Gasteiger partial charge in [-0.3, -0.25) is 0 Å². The molecule has 0 aromatic rings. The molecule has 0 aromatic carbocycles. The van der Waals surface area contributed by atoms with E-state index in [1.807, 2.05) is 0 Å². The third-order valence-electron chi connectivity index (χ3n) is 1.30. The smallest absolute Gasteiger partial charge is 0.128 e. The summed E-state index contributed by atoms with van der Waals surface area (Å²) in [5.41, 5.74) is 0. The SMILES string of the molecule is CCCC(Br)(Br)C(Br)(Br)CO. The summed E-state index contributed by atoms with van der Waals surface area (Å²) in [6.07, 6.45) is 1.96. The maximum absolute atomic E-state index is 9.00. The lowest BCUT2D eigenvalue weighted by atomic mass is 10.2. The summed E-state index contributed by atoms with van der Waals surface area (Å²) < 4.78 is -0.792. The number of aliphatic hydroxyl groups excluding tert-OH is 1. The summed E-state index contributed by atoms with van der Waals surface area (Å²) in [4.78, 5) is 0. The molecule has 0 aromatic heterocycles. The summed E-state index contributed by atoms with van der Waals surface area (Å²) in [5.74, 6) is 0. The van der Waals surface area contributed by atoms with Crippen LogP contribution in [-0.2, 0) is 0 Å². The number of halogens is 4. The van der Waals surface area contributed by atoms with Crippen LogP contribution in [0.3, 0.4) is 0 Å². The Morgan fingerprint density at radius 2 is 1.55 bits per heavy atom. The second kappa shape index (κ2) is 4.94. The Kier molecular flexibility index (Phi) is 5.78. The summed E-state index contributed by atoms with van der Waals surface area (Å²) in [5, 5.41) is 9.00. The van der Waals surface area contributed by atoms with Crippen molar-refractivity contribution in [3.8, 4) is 0 Å². The van der Waals surface area contributed by atoms with E-state index in [1.54, 1.807) is 0 Å². The molecule has 68 valence electrons. The van der Waals surface area contributed by atoms with Gasteiger partial charge in [-0.2, -0.15) is 0 Å². The molecule has 0 unspecified atom stereocenters. The summed E-state index contributed by atoms with van der Waals surface area (Å²) in [7, 11) is 0. The predicted octanol–water partition coefficient (Wildman–Crippen LogP) is 3.75. The molecule has 0 amide bonds. The van der Waals surface area contributed by atoms with Crippen molar-refractivity contribution in [2.24, 2.45) is 0 Å². The predicted molar refractivity (Wildman–Crippen MR) is 63.2 cm³/mol. The van der Waals surface area contributed by atoms with E-state index in [2.05, 4.69) is 70.6 Å². The molecule has 5 heteroatoms. The van der Waals surface area contributed by atoms with Crippen molar-refractivity contribution in [2.75, 3.05) is 6.61 Å². The Balaban J connectivity index is 4.26. The number of hydrogen-bond donors (Lipinski definition) is 1. The zero-order valence-electron chi connectivity index (χ0n) is 6.08. The molecule has 0 rings (SSSR count). The van der Waals surface area contributed by atoms with Gasteiger partial charge < -0.3 is 5.11 Å². The van der Waals surface area contributed by atoms with Gasteiger partial charge in [-0.15, -0.1) is 0 Å². The molecule has 0 saturated carbocycles. The highest BCUT2D eigenvalue weighted by atomic mass is 79.9. The second-order valence-corrected chi connectivity index (χ2v) is 9.86. The first kappa shape index (κ1) is 12.9. The van der Waals surface area contributed by atoms with Gasteiger partial charge in [0.2, 0.25) is 0 Å². The van der Waals surface area contributed by atoms with Crippen molar-refractivity contribution in [3.05, 3.63) is 0 Å². The normalized spacial score (nSPS) is 13.6. The zero-order chi connectivity index (χ0) is 9.12. The molecular weight excluding hydrogens is 408 g/mol. The van der Waals surface area contributed by atoms with Crippen molar-refractivity contribution in [2.45, 2.75) is 26.2 Å². The molecular formula is C6H10Br4O. The van der Waals surface area contributed by atoms with E-state index in [0.29, 0.717) is 0 Å². The number of aliphatic hydroxyl groups is 1. The van der Waals surface area contributed by atoms with Crippen molar-refractivity contribution in [3.63, 3.8) is 0 Å². The van der Waals surface area contributed by atoms with Crippen LogP contribution in [-0.4, -0.2) is 18.2 Å². The monoisotopic (exact) mass is 414 g/mol. The van der Waals surface area contributed by atoms with Gasteiger partial charge in [0.25, 0.3) is 0 Å². The standard InChI is InChI=1S/C6H10Br4O/c1-2-3-5(7,8)6(9,10)4-11/h11H,2-4H2,1H3. The third kappa shape index (κ3) is 3.63. The molecule has 0 aliphatic carbocycles. The first-order valence-corrected chi connectivity index (χ1v) is 6.41. The van der Waals surface area contributed by atoms with E-state index >= 15 is 0 Å². The average molecular weight is 418 g/mol. The molecule has 1 N–H and O–H groups in total. The third-order valence-corrected chi connectivity index (χ3v) is 7.43. The highest BCUT2D eigenvalue weighted by Gasteiger charge is 2.43. The van der Waals surface area contributed by atoms with E-state index in [-0.39, 0.29) is 9.84 Å². The van der Waals surface area contributed by atoms with Crippen molar-refractivity contribution < 1.29 is 5.11 Å². The molecule has 0 aliphatic heterocycles. The molecule has 1 nitrogen and oxygen atoms in total. The topological polar surface area (TPSA) is 20.2 Å². The molecule has 0 fully saturated rings. The second-order valence-electron chi connectivity index (χ2n) is 2.32. The first-order valence-electron chi connectivity index (χ1n) is 3.24. The van der Waals surface area contributed by atoms with Crippen LogP contribution in [0.5, 0.6) is 0 Å². The quantitative estimate of drug-likeness (QED) is 0.691. The van der Waals surface area contributed by atoms with Gasteiger partial charge in [0.15, 0.2) is 0 Å². The lowest BCUT2D eigenvalue weighted by Gasteiger charge is -2.32. The van der Waals surface area contributed by atoms with E-state index in [0.717, 1.165) is 12.8 Å². The molecule has 0 heterocycles. The molecule has 0 bridgehead atoms. The van der Waals surface area contributed by atoms with Gasteiger partial charge in [0.1, 0.15) is 6.47 Å². The van der Waals surface area contributed by atoms with Gasteiger partial charge in [-0.05, 0) is 6.42 Å². The minimum absolute atomic E-state index is 0.0174. The largest absolute Gasteiger partial charge is 0.394 e. The van der Waals surface area contributed by atoms with Crippen LogP contribution < -0.4 is 0 Å². The van der Waals surface area contributed by atoms with Crippen LogP contribution in [0.2, 0.25) is 0 Å². The Hall–Kier alpha value is 1.88. The number of hydrogen-bond acceptors (Lipinski definition) is 1. The van der Waals surface area contributed by atoms with Crippen molar-refractivity contribution in [1.82, 2.24) is 0 Å². The maximum atomic E-state index is 9.00. The number of alkyl halides is 4. The van der Waals surface area contributed by atoms with Gasteiger partial charge in [-0.25, -0.2) is 0 Å². The van der Waals surface area contributed by atoms with Crippen LogP contribution in [0.15, 0.2) is 0 Å². The van der Waals surface area contributed by atoms with Crippen LogP contribution in [0.1, 0.15) is 19.8 Å². The maximum Gasteiger partial charge on any atom is 0.128 e. The van der Waals surface area contributed by atoms with Crippen molar-refractivity contribution in [1.29, 1.82) is 0 Å².